The van der Waals surface area contributed by atoms with Crippen molar-refractivity contribution in [3.63, 3.8) is 0 Å². The van der Waals surface area contributed by atoms with Crippen LogP contribution < -0.4 is 5.32 Å². The highest BCUT2D eigenvalue weighted by Crippen LogP contribution is 2.27. The third kappa shape index (κ3) is 2.54. The first-order valence-electron chi connectivity index (χ1n) is 7.27. The fraction of sp³-hybridized carbons (Fsp3) is 0.353. The highest BCUT2D eigenvalue weighted by atomic mass is 16.5. The van der Waals surface area contributed by atoms with Crippen molar-refractivity contribution in [2.75, 3.05) is 19.7 Å². The Kier molecular flexibility index (Phi) is 3.97. The molecule has 0 amide bonds. The van der Waals surface area contributed by atoms with Gasteiger partial charge in [0.05, 0.1) is 0 Å². The van der Waals surface area contributed by atoms with E-state index in [1.807, 2.05) is 6.92 Å². The topological polar surface area (TPSA) is 33.6 Å². The fourth-order valence-electron chi connectivity index (χ4n) is 2.69. The summed E-state index contributed by atoms with van der Waals surface area (Å²) in [7, 11) is 0. The minimum Gasteiger partial charge on any atom is -0.371 e. The molecule has 104 valence electrons. The third-order valence-corrected chi connectivity index (χ3v) is 3.61. The van der Waals surface area contributed by atoms with Crippen molar-refractivity contribution in [1.29, 1.82) is 0 Å². The molecule has 0 aliphatic carbocycles. The molecule has 1 N–H and O–H groups in total. The van der Waals surface area contributed by atoms with Crippen molar-refractivity contribution in [1.82, 2.24) is 5.32 Å². The Hall–Kier alpha value is -1.87. The summed E-state index contributed by atoms with van der Waals surface area (Å²) >= 11 is 0. The molecule has 2 aromatic rings. The second kappa shape index (κ2) is 6.06. The summed E-state index contributed by atoms with van der Waals surface area (Å²) in [5, 5.41) is 5.87. The zero-order chi connectivity index (χ0) is 13.8. The standard InChI is InChI=1S/C17H20N2O/c1-2-20-16(17-18-11-6-12-19-17)15-10-5-8-13-7-3-4-9-14(13)15/h3-5,7-10,16H,2,6,11-12H2,1H3,(H,18,19). The van der Waals surface area contributed by atoms with Crippen molar-refractivity contribution >= 4 is 16.6 Å². The predicted octanol–water partition coefficient (Wildman–Crippen LogP) is 3.31. The third-order valence-electron chi connectivity index (χ3n) is 3.61. The molecule has 1 atom stereocenters. The number of ether oxygens (including phenoxy) is 1. The number of aliphatic imine (C=N–C) groups is 1. The van der Waals surface area contributed by atoms with E-state index < -0.39 is 0 Å². The summed E-state index contributed by atoms with van der Waals surface area (Å²) in [4.78, 5) is 4.61. The van der Waals surface area contributed by atoms with Crippen molar-refractivity contribution in [3.8, 4) is 0 Å². The number of hydrogen-bond donors (Lipinski definition) is 1. The van der Waals surface area contributed by atoms with E-state index in [4.69, 9.17) is 4.74 Å². The summed E-state index contributed by atoms with van der Waals surface area (Å²) in [6.07, 6.45) is 1.00. The lowest BCUT2D eigenvalue weighted by atomic mass is 9.99. The average molecular weight is 268 g/mol. The normalized spacial score (nSPS) is 16.6. The molecule has 3 heteroatoms. The summed E-state index contributed by atoms with van der Waals surface area (Å²) < 4.78 is 5.98. The maximum atomic E-state index is 5.98. The summed E-state index contributed by atoms with van der Waals surface area (Å²) in [5.74, 6) is 0.967. The lowest BCUT2D eigenvalue weighted by molar-refractivity contribution is 0.108. The quantitative estimate of drug-likeness (QED) is 0.923. The Morgan fingerprint density at radius 2 is 2.05 bits per heavy atom. The number of nitrogens with zero attached hydrogens (tertiary/aromatic N) is 1. The number of nitrogens with one attached hydrogen (secondary N) is 1. The largest absolute Gasteiger partial charge is 0.371 e. The van der Waals surface area contributed by atoms with Crippen LogP contribution in [0.3, 0.4) is 0 Å². The molecular weight excluding hydrogens is 248 g/mol. The van der Waals surface area contributed by atoms with Gasteiger partial charge in [0.25, 0.3) is 0 Å². The second-order valence-electron chi connectivity index (χ2n) is 4.95. The molecule has 20 heavy (non-hydrogen) atoms. The first-order chi connectivity index (χ1) is 9.90. The minimum absolute atomic E-state index is 0.0913. The van der Waals surface area contributed by atoms with E-state index in [-0.39, 0.29) is 6.10 Å². The molecule has 1 aliphatic rings. The number of fused-ring (bicyclic) bond motifs is 1. The van der Waals surface area contributed by atoms with E-state index in [0.717, 1.165) is 25.3 Å². The predicted molar refractivity (Wildman–Crippen MR) is 83.2 cm³/mol. The van der Waals surface area contributed by atoms with E-state index >= 15 is 0 Å². The van der Waals surface area contributed by atoms with Gasteiger partial charge in [-0.3, -0.25) is 4.99 Å². The maximum absolute atomic E-state index is 5.98. The monoisotopic (exact) mass is 268 g/mol. The highest BCUT2D eigenvalue weighted by Gasteiger charge is 2.21. The van der Waals surface area contributed by atoms with Gasteiger partial charge in [-0.15, -0.1) is 0 Å². The van der Waals surface area contributed by atoms with Crippen LogP contribution in [0.1, 0.15) is 25.0 Å². The lowest BCUT2D eigenvalue weighted by Crippen LogP contribution is -2.35. The van der Waals surface area contributed by atoms with Gasteiger partial charge >= 0.3 is 0 Å². The molecule has 0 spiro atoms. The van der Waals surface area contributed by atoms with Gasteiger partial charge in [-0.1, -0.05) is 42.5 Å². The summed E-state index contributed by atoms with van der Waals surface area (Å²) in [5.41, 5.74) is 1.19. The van der Waals surface area contributed by atoms with E-state index in [2.05, 4.69) is 52.8 Å². The Balaban J connectivity index is 2.07. The van der Waals surface area contributed by atoms with Crippen molar-refractivity contribution in [2.45, 2.75) is 19.4 Å². The van der Waals surface area contributed by atoms with Crippen molar-refractivity contribution in [3.05, 3.63) is 48.0 Å². The van der Waals surface area contributed by atoms with Crippen LogP contribution in [0, 0.1) is 0 Å². The molecule has 0 fully saturated rings. The molecule has 3 nitrogen and oxygen atoms in total. The molecule has 1 aliphatic heterocycles. The molecule has 0 bridgehead atoms. The van der Waals surface area contributed by atoms with E-state index in [0.29, 0.717) is 6.61 Å². The average Bonchev–Trinajstić information content (AvgIpc) is 2.53. The number of amidine groups is 1. The van der Waals surface area contributed by atoms with Gasteiger partial charge in [0.15, 0.2) is 0 Å². The Morgan fingerprint density at radius 1 is 1.20 bits per heavy atom. The van der Waals surface area contributed by atoms with Gasteiger partial charge in [-0.25, -0.2) is 0 Å². The van der Waals surface area contributed by atoms with Gasteiger partial charge in [0.2, 0.25) is 0 Å². The SMILES string of the molecule is CCOC(C1=NCCCN1)c1cccc2ccccc12. The van der Waals surface area contributed by atoms with Crippen LogP contribution in [-0.2, 0) is 4.74 Å². The van der Waals surface area contributed by atoms with Crippen LogP contribution >= 0.6 is 0 Å². The van der Waals surface area contributed by atoms with Gasteiger partial charge in [0.1, 0.15) is 11.9 Å². The second-order valence-corrected chi connectivity index (χ2v) is 4.95. The van der Waals surface area contributed by atoms with Crippen LogP contribution in [0.15, 0.2) is 47.5 Å². The van der Waals surface area contributed by atoms with Gasteiger partial charge in [0, 0.05) is 19.7 Å². The Labute approximate surface area is 119 Å². The van der Waals surface area contributed by atoms with Crippen LogP contribution in [-0.4, -0.2) is 25.5 Å². The summed E-state index contributed by atoms with van der Waals surface area (Å²) in [6, 6.07) is 14.8. The van der Waals surface area contributed by atoms with E-state index in [9.17, 15) is 0 Å². The molecule has 0 saturated heterocycles. The van der Waals surface area contributed by atoms with E-state index in [1.54, 1.807) is 0 Å². The molecular formula is C17H20N2O. The molecule has 1 unspecified atom stereocenters. The molecule has 0 aromatic heterocycles. The van der Waals surface area contributed by atoms with Gasteiger partial charge in [-0.2, -0.15) is 0 Å². The number of benzene rings is 2. The smallest absolute Gasteiger partial charge is 0.140 e. The van der Waals surface area contributed by atoms with Crippen molar-refractivity contribution in [2.24, 2.45) is 4.99 Å². The molecule has 2 aromatic carbocycles. The minimum atomic E-state index is -0.0913. The van der Waals surface area contributed by atoms with Crippen LogP contribution in [0.2, 0.25) is 0 Å². The molecule has 3 rings (SSSR count). The van der Waals surface area contributed by atoms with Crippen LogP contribution in [0.5, 0.6) is 0 Å². The molecule has 0 radical (unpaired) electrons. The lowest BCUT2D eigenvalue weighted by Gasteiger charge is -2.24. The van der Waals surface area contributed by atoms with Crippen LogP contribution in [0.4, 0.5) is 0 Å². The first kappa shape index (κ1) is 13.1. The number of rotatable bonds is 4. The van der Waals surface area contributed by atoms with E-state index in [1.165, 1.54) is 16.3 Å². The fourth-order valence-corrected chi connectivity index (χ4v) is 2.69. The first-order valence-corrected chi connectivity index (χ1v) is 7.27. The molecule has 1 heterocycles. The maximum Gasteiger partial charge on any atom is 0.140 e. The van der Waals surface area contributed by atoms with Crippen molar-refractivity contribution < 1.29 is 4.74 Å². The zero-order valence-corrected chi connectivity index (χ0v) is 11.8. The summed E-state index contributed by atoms with van der Waals surface area (Å²) in [6.45, 7) is 4.57. The Bertz CT molecular complexity index is 616. The van der Waals surface area contributed by atoms with Crippen LogP contribution in [0.25, 0.3) is 10.8 Å². The molecule has 0 saturated carbocycles. The number of hydrogen-bond acceptors (Lipinski definition) is 3. The van der Waals surface area contributed by atoms with Gasteiger partial charge < -0.3 is 10.1 Å². The van der Waals surface area contributed by atoms with Gasteiger partial charge in [-0.05, 0) is 29.7 Å². The zero-order valence-electron chi connectivity index (χ0n) is 11.8. The highest BCUT2D eigenvalue weighted by molar-refractivity contribution is 5.94. The Morgan fingerprint density at radius 3 is 2.85 bits per heavy atom.